The van der Waals surface area contributed by atoms with Crippen LogP contribution >= 0.6 is 0 Å². The van der Waals surface area contributed by atoms with Crippen molar-refractivity contribution in [1.29, 1.82) is 0 Å². The molecular formula is C16H28N2O4S. The Morgan fingerprint density at radius 2 is 1.70 bits per heavy atom. The number of nitrogens with two attached hydrogens (primary N) is 1. The number of benzene rings is 1. The summed E-state index contributed by atoms with van der Waals surface area (Å²) >= 11 is 0. The fourth-order valence-corrected chi connectivity index (χ4v) is 3.70. The van der Waals surface area contributed by atoms with Crippen LogP contribution in [0.2, 0.25) is 0 Å². The normalized spacial score (nSPS) is 12.3. The van der Waals surface area contributed by atoms with Crippen LogP contribution in [0.3, 0.4) is 0 Å². The minimum absolute atomic E-state index is 0.203. The Morgan fingerprint density at radius 1 is 1.09 bits per heavy atom. The van der Waals surface area contributed by atoms with Crippen LogP contribution in [-0.2, 0) is 14.8 Å². The van der Waals surface area contributed by atoms with Crippen molar-refractivity contribution < 1.29 is 17.9 Å². The lowest BCUT2D eigenvalue weighted by Gasteiger charge is -2.31. The van der Waals surface area contributed by atoms with Gasteiger partial charge in [-0.3, -0.25) is 0 Å². The molecule has 0 aromatic heterocycles. The molecule has 0 aliphatic rings. The Bertz CT molecular complexity index is 546. The largest absolute Gasteiger partial charge is 0.491 e. The van der Waals surface area contributed by atoms with Crippen molar-refractivity contribution in [2.24, 2.45) is 5.73 Å². The van der Waals surface area contributed by atoms with Gasteiger partial charge in [-0.05, 0) is 44.0 Å². The second-order valence-electron chi connectivity index (χ2n) is 5.31. The van der Waals surface area contributed by atoms with Crippen LogP contribution in [0.1, 0.15) is 33.6 Å². The maximum absolute atomic E-state index is 12.5. The average Bonchev–Trinajstić information content (AvgIpc) is 2.57. The monoisotopic (exact) mass is 344 g/mol. The van der Waals surface area contributed by atoms with E-state index >= 15 is 0 Å². The third-order valence-electron chi connectivity index (χ3n) is 3.93. The maximum atomic E-state index is 12.5. The standard InChI is InChI=1S/C16H28N2O4S/c1-4-16(5-2,13-17)18-23(19,20)15-9-7-14(8-10-15)22-12-11-21-6-3/h7-10,18H,4-6,11-13,17H2,1-3H3. The van der Waals surface area contributed by atoms with Gasteiger partial charge in [0.1, 0.15) is 12.4 Å². The van der Waals surface area contributed by atoms with Crippen LogP contribution in [0, 0.1) is 0 Å². The van der Waals surface area contributed by atoms with Gasteiger partial charge in [-0.2, -0.15) is 0 Å². The highest BCUT2D eigenvalue weighted by Gasteiger charge is 2.30. The second-order valence-corrected chi connectivity index (χ2v) is 7.00. The van der Waals surface area contributed by atoms with Crippen molar-refractivity contribution in [2.45, 2.75) is 44.0 Å². The first-order valence-corrected chi connectivity index (χ1v) is 9.46. The highest BCUT2D eigenvalue weighted by Crippen LogP contribution is 2.20. The van der Waals surface area contributed by atoms with E-state index in [1.807, 2.05) is 20.8 Å². The van der Waals surface area contributed by atoms with Crippen molar-refractivity contribution in [2.75, 3.05) is 26.4 Å². The van der Waals surface area contributed by atoms with E-state index in [2.05, 4.69) is 4.72 Å². The predicted molar refractivity (Wildman–Crippen MR) is 91.1 cm³/mol. The van der Waals surface area contributed by atoms with Gasteiger partial charge in [-0.25, -0.2) is 13.1 Å². The van der Waals surface area contributed by atoms with Gasteiger partial charge < -0.3 is 15.2 Å². The molecule has 0 radical (unpaired) electrons. The van der Waals surface area contributed by atoms with Gasteiger partial charge in [0.25, 0.3) is 0 Å². The number of sulfonamides is 1. The van der Waals surface area contributed by atoms with E-state index in [4.69, 9.17) is 15.2 Å². The third kappa shape index (κ3) is 5.76. The molecule has 0 saturated heterocycles. The highest BCUT2D eigenvalue weighted by molar-refractivity contribution is 7.89. The smallest absolute Gasteiger partial charge is 0.241 e. The van der Waals surface area contributed by atoms with Gasteiger partial charge in [0, 0.05) is 18.7 Å². The van der Waals surface area contributed by atoms with Gasteiger partial charge in [-0.1, -0.05) is 13.8 Å². The highest BCUT2D eigenvalue weighted by atomic mass is 32.2. The molecule has 1 aromatic rings. The van der Waals surface area contributed by atoms with Crippen molar-refractivity contribution in [3.05, 3.63) is 24.3 Å². The summed E-state index contributed by atoms with van der Waals surface area (Å²) in [5.41, 5.74) is 5.15. The van der Waals surface area contributed by atoms with E-state index in [1.165, 1.54) is 12.1 Å². The molecule has 6 nitrogen and oxygen atoms in total. The summed E-state index contributed by atoms with van der Waals surface area (Å²) in [6, 6.07) is 6.35. The van der Waals surface area contributed by atoms with Crippen LogP contribution in [0.5, 0.6) is 5.75 Å². The summed E-state index contributed by atoms with van der Waals surface area (Å²) in [5.74, 6) is 0.611. The van der Waals surface area contributed by atoms with Gasteiger partial charge >= 0.3 is 0 Å². The van der Waals surface area contributed by atoms with Crippen LogP contribution < -0.4 is 15.2 Å². The van der Waals surface area contributed by atoms with Crippen molar-refractivity contribution in [1.82, 2.24) is 4.72 Å². The van der Waals surface area contributed by atoms with Gasteiger partial charge in [0.05, 0.1) is 11.5 Å². The lowest BCUT2D eigenvalue weighted by atomic mass is 9.95. The van der Waals surface area contributed by atoms with Crippen molar-refractivity contribution >= 4 is 10.0 Å². The quantitative estimate of drug-likeness (QED) is 0.598. The minimum atomic E-state index is -3.61. The van der Waals surface area contributed by atoms with Crippen LogP contribution in [-0.4, -0.2) is 40.3 Å². The summed E-state index contributed by atoms with van der Waals surface area (Å²) in [4.78, 5) is 0.203. The zero-order valence-corrected chi connectivity index (χ0v) is 15.0. The number of hydrogen-bond acceptors (Lipinski definition) is 5. The third-order valence-corrected chi connectivity index (χ3v) is 5.52. The Kier molecular flexibility index (Phi) is 7.98. The maximum Gasteiger partial charge on any atom is 0.241 e. The molecule has 0 fully saturated rings. The lowest BCUT2D eigenvalue weighted by Crippen LogP contribution is -2.52. The molecule has 0 unspecified atom stereocenters. The predicted octanol–water partition coefficient (Wildman–Crippen LogP) is 1.90. The Balaban J connectivity index is 2.77. The lowest BCUT2D eigenvalue weighted by molar-refractivity contribution is 0.110. The Hall–Kier alpha value is -1.15. The first-order chi connectivity index (χ1) is 10.9. The van der Waals surface area contributed by atoms with Crippen molar-refractivity contribution in [3.8, 4) is 5.75 Å². The van der Waals surface area contributed by atoms with Gasteiger partial charge in [-0.15, -0.1) is 0 Å². The zero-order chi connectivity index (χ0) is 17.3. The SMILES string of the molecule is CCOCCOc1ccc(S(=O)(=O)NC(CC)(CC)CN)cc1. The van der Waals surface area contributed by atoms with E-state index in [0.29, 0.717) is 38.4 Å². The molecule has 3 N–H and O–H groups in total. The molecule has 0 heterocycles. The van der Waals surface area contributed by atoms with E-state index in [9.17, 15) is 8.42 Å². The van der Waals surface area contributed by atoms with Crippen LogP contribution in [0.4, 0.5) is 0 Å². The van der Waals surface area contributed by atoms with Gasteiger partial charge in [0.15, 0.2) is 0 Å². The molecule has 0 spiro atoms. The molecular weight excluding hydrogens is 316 g/mol. The topological polar surface area (TPSA) is 90.6 Å². The fourth-order valence-electron chi connectivity index (χ4n) is 2.15. The first-order valence-electron chi connectivity index (χ1n) is 7.97. The summed E-state index contributed by atoms with van der Waals surface area (Å²) < 4.78 is 38.4. The summed E-state index contributed by atoms with van der Waals surface area (Å²) in [6.45, 7) is 7.61. The molecule has 0 bridgehead atoms. The van der Waals surface area contributed by atoms with E-state index in [-0.39, 0.29) is 11.4 Å². The molecule has 23 heavy (non-hydrogen) atoms. The molecule has 1 rings (SSSR count). The second kappa shape index (κ2) is 9.22. The Morgan fingerprint density at radius 3 is 2.17 bits per heavy atom. The molecule has 132 valence electrons. The van der Waals surface area contributed by atoms with Crippen LogP contribution in [0.15, 0.2) is 29.2 Å². The molecule has 1 aromatic carbocycles. The summed E-state index contributed by atoms with van der Waals surface area (Å²) in [5, 5.41) is 0. The van der Waals surface area contributed by atoms with Crippen LogP contribution in [0.25, 0.3) is 0 Å². The molecule has 0 aliphatic heterocycles. The molecule has 0 saturated carbocycles. The summed E-state index contributed by atoms with van der Waals surface area (Å²) in [6.07, 6.45) is 1.27. The first kappa shape index (κ1) is 19.9. The minimum Gasteiger partial charge on any atom is -0.491 e. The molecule has 7 heteroatoms. The number of rotatable bonds is 11. The number of hydrogen-bond donors (Lipinski definition) is 2. The zero-order valence-electron chi connectivity index (χ0n) is 14.2. The number of nitrogens with one attached hydrogen (secondary N) is 1. The van der Waals surface area contributed by atoms with E-state index in [0.717, 1.165) is 0 Å². The fraction of sp³-hybridized carbons (Fsp3) is 0.625. The molecule has 0 atom stereocenters. The average molecular weight is 344 g/mol. The number of ether oxygens (including phenoxy) is 2. The van der Waals surface area contributed by atoms with E-state index < -0.39 is 15.6 Å². The van der Waals surface area contributed by atoms with Gasteiger partial charge in [0.2, 0.25) is 10.0 Å². The van der Waals surface area contributed by atoms with Crippen molar-refractivity contribution in [3.63, 3.8) is 0 Å². The molecule has 0 aliphatic carbocycles. The summed E-state index contributed by atoms with van der Waals surface area (Å²) in [7, 11) is -3.61. The molecule has 0 amide bonds. The Labute approximate surface area is 139 Å². The van der Waals surface area contributed by atoms with E-state index in [1.54, 1.807) is 12.1 Å².